The second-order valence-corrected chi connectivity index (χ2v) is 5.31. The monoisotopic (exact) mass is 245 g/mol. The maximum Gasteiger partial charge on any atom is 0.246 e. The van der Waals surface area contributed by atoms with Crippen LogP contribution in [0.3, 0.4) is 0 Å². The fourth-order valence-electron chi connectivity index (χ4n) is 2.57. The van der Waals surface area contributed by atoms with Crippen LogP contribution in [0.5, 0.6) is 0 Å². The Bertz CT molecular complexity index is 482. The number of carbonyl (C=O) groups excluding carboxylic acids is 1. The Morgan fingerprint density at radius 3 is 2.89 bits per heavy atom. The molecule has 2 N–H and O–H groups in total. The molecule has 1 aliphatic heterocycles. The number of hydrogen-bond acceptors (Lipinski definition) is 3. The number of hydrogen-bond donors (Lipinski definition) is 2. The van der Waals surface area contributed by atoms with Gasteiger partial charge in [-0.15, -0.1) is 0 Å². The average Bonchev–Trinajstić information content (AvgIpc) is 3.09. The molecule has 96 valence electrons. The molecular formula is C14H19N3O. The predicted molar refractivity (Wildman–Crippen MR) is 72.9 cm³/mol. The van der Waals surface area contributed by atoms with Crippen LogP contribution in [0.25, 0.3) is 0 Å². The van der Waals surface area contributed by atoms with E-state index in [9.17, 15) is 4.79 Å². The smallest absolute Gasteiger partial charge is 0.246 e. The molecule has 0 spiro atoms. The van der Waals surface area contributed by atoms with Crippen LogP contribution < -0.4 is 15.5 Å². The zero-order chi connectivity index (χ0) is 12.7. The topological polar surface area (TPSA) is 44.4 Å². The zero-order valence-electron chi connectivity index (χ0n) is 10.9. The molecule has 1 aromatic carbocycles. The molecule has 1 amide bonds. The molecule has 1 unspecified atom stereocenters. The molecule has 1 aliphatic carbocycles. The highest BCUT2D eigenvalue weighted by Gasteiger charge is 2.29. The molecule has 1 aromatic rings. The highest BCUT2D eigenvalue weighted by atomic mass is 16.2. The van der Waals surface area contributed by atoms with Crippen molar-refractivity contribution in [2.75, 3.05) is 30.9 Å². The molecule has 0 aromatic heterocycles. The molecule has 1 fully saturated rings. The molecule has 1 saturated carbocycles. The van der Waals surface area contributed by atoms with Gasteiger partial charge in [0.05, 0.1) is 0 Å². The Morgan fingerprint density at radius 1 is 1.44 bits per heavy atom. The van der Waals surface area contributed by atoms with Gasteiger partial charge in [-0.05, 0) is 37.9 Å². The van der Waals surface area contributed by atoms with E-state index in [0.717, 1.165) is 23.7 Å². The van der Waals surface area contributed by atoms with Gasteiger partial charge in [-0.3, -0.25) is 4.79 Å². The Balaban J connectivity index is 1.83. The van der Waals surface area contributed by atoms with Crippen molar-refractivity contribution >= 4 is 17.3 Å². The molecule has 2 aliphatic rings. The Labute approximate surface area is 107 Å². The molecule has 1 heterocycles. The average molecular weight is 245 g/mol. The summed E-state index contributed by atoms with van der Waals surface area (Å²) in [4.78, 5) is 14.0. The fraction of sp³-hybridized carbons (Fsp3) is 0.500. The van der Waals surface area contributed by atoms with E-state index in [-0.39, 0.29) is 11.9 Å². The van der Waals surface area contributed by atoms with Crippen LogP contribution in [-0.2, 0) is 4.79 Å². The highest BCUT2D eigenvalue weighted by Crippen LogP contribution is 2.35. The van der Waals surface area contributed by atoms with E-state index in [1.807, 2.05) is 13.1 Å². The number of nitrogens with one attached hydrogen (secondary N) is 2. The van der Waals surface area contributed by atoms with Crippen LogP contribution in [0, 0.1) is 5.92 Å². The van der Waals surface area contributed by atoms with Crippen LogP contribution >= 0.6 is 0 Å². The number of likely N-dealkylation sites (N-methyl/N-ethyl adjacent to an activating group) is 1. The summed E-state index contributed by atoms with van der Waals surface area (Å²) in [6.45, 7) is 1.11. The third-order valence-corrected chi connectivity index (χ3v) is 3.83. The zero-order valence-corrected chi connectivity index (χ0v) is 10.9. The maximum absolute atomic E-state index is 11.7. The molecule has 18 heavy (non-hydrogen) atoms. The van der Waals surface area contributed by atoms with Crippen LogP contribution in [0.1, 0.15) is 24.4 Å². The lowest BCUT2D eigenvalue weighted by Gasteiger charge is -2.20. The van der Waals surface area contributed by atoms with Gasteiger partial charge in [0.1, 0.15) is 6.04 Å². The summed E-state index contributed by atoms with van der Waals surface area (Å²) in [5.74, 6) is 0.900. The number of rotatable bonds is 4. The number of fused-ring (bicyclic) bond motifs is 1. The van der Waals surface area contributed by atoms with Crippen LogP contribution in [-0.4, -0.2) is 26.5 Å². The van der Waals surface area contributed by atoms with Crippen molar-refractivity contribution in [3.8, 4) is 0 Å². The van der Waals surface area contributed by atoms with E-state index in [2.05, 4.69) is 34.7 Å². The number of amides is 1. The number of benzene rings is 1. The van der Waals surface area contributed by atoms with Crippen molar-refractivity contribution < 1.29 is 4.79 Å². The summed E-state index contributed by atoms with van der Waals surface area (Å²) in [6.07, 6.45) is 2.71. The molecule has 0 radical (unpaired) electrons. The van der Waals surface area contributed by atoms with E-state index in [1.165, 1.54) is 18.5 Å². The molecular weight excluding hydrogens is 226 g/mol. The predicted octanol–water partition coefficient (Wildman–Crippen LogP) is 1.75. The van der Waals surface area contributed by atoms with Crippen LogP contribution in [0.15, 0.2) is 18.2 Å². The van der Waals surface area contributed by atoms with Gasteiger partial charge in [0, 0.05) is 30.5 Å². The molecule has 4 heteroatoms. The summed E-state index contributed by atoms with van der Waals surface area (Å²) < 4.78 is 0. The van der Waals surface area contributed by atoms with Crippen LogP contribution in [0.2, 0.25) is 0 Å². The van der Waals surface area contributed by atoms with Crippen molar-refractivity contribution in [2.45, 2.75) is 18.9 Å². The van der Waals surface area contributed by atoms with E-state index >= 15 is 0 Å². The first kappa shape index (κ1) is 11.5. The van der Waals surface area contributed by atoms with Gasteiger partial charge in [0.2, 0.25) is 5.91 Å². The minimum Gasteiger partial charge on any atom is -0.374 e. The van der Waals surface area contributed by atoms with Crippen molar-refractivity contribution in [3.63, 3.8) is 0 Å². The number of nitrogens with zero attached hydrogens (tertiary/aromatic N) is 1. The number of carbonyl (C=O) groups is 1. The summed E-state index contributed by atoms with van der Waals surface area (Å²) in [6, 6.07) is 6.02. The lowest BCUT2D eigenvalue weighted by Crippen LogP contribution is -2.23. The SMILES string of the molecule is CNC1C(=O)Nc2cc(N(C)CC3CC3)ccc21. The van der Waals surface area contributed by atoms with Gasteiger partial charge in [-0.25, -0.2) is 0 Å². The highest BCUT2D eigenvalue weighted by molar-refractivity contribution is 6.03. The van der Waals surface area contributed by atoms with Crippen molar-refractivity contribution in [3.05, 3.63) is 23.8 Å². The summed E-state index contributed by atoms with van der Waals surface area (Å²) in [5, 5.41) is 5.97. The van der Waals surface area contributed by atoms with Gasteiger partial charge in [-0.1, -0.05) is 6.07 Å². The maximum atomic E-state index is 11.7. The van der Waals surface area contributed by atoms with Crippen LogP contribution in [0.4, 0.5) is 11.4 Å². The lowest BCUT2D eigenvalue weighted by molar-refractivity contribution is -0.117. The Hall–Kier alpha value is -1.55. The molecule has 3 rings (SSSR count). The van der Waals surface area contributed by atoms with Crippen molar-refractivity contribution in [1.82, 2.24) is 5.32 Å². The van der Waals surface area contributed by atoms with E-state index in [1.54, 1.807) is 0 Å². The minimum absolute atomic E-state index is 0.0366. The lowest BCUT2D eigenvalue weighted by atomic mass is 10.1. The van der Waals surface area contributed by atoms with Gasteiger partial charge >= 0.3 is 0 Å². The van der Waals surface area contributed by atoms with E-state index in [4.69, 9.17) is 0 Å². The first-order valence-electron chi connectivity index (χ1n) is 6.52. The summed E-state index contributed by atoms with van der Waals surface area (Å²) in [5.41, 5.74) is 3.17. The summed E-state index contributed by atoms with van der Waals surface area (Å²) >= 11 is 0. The van der Waals surface area contributed by atoms with Gasteiger partial charge in [0.15, 0.2) is 0 Å². The van der Waals surface area contributed by atoms with Crippen molar-refractivity contribution in [1.29, 1.82) is 0 Å². The molecule has 4 nitrogen and oxygen atoms in total. The normalized spacial score (nSPS) is 21.7. The minimum atomic E-state index is -0.206. The molecule has 0 saturated heterocycles. The quantitative estimate of drug-likeness (QED) is 0.849. The summed E-state index contributed by atoms with van der Waals surface area (Å²) in [7, 11) is 3.93. The standard InChI is InChI=1S/C14H19N3O/c1-15-13-11-6-5-10(7-12(11)16-14(13)18)17(2)8-9-3-4-9/h5-7,9,13,15H,3-4,8H2,1-2H3,(H,16,18). The first-order valence-corrected chi connectivity index (χ1v) is 6.52. The molecule has 0 bridgehead atoms. The second kappa shape index (κ2) is 4.28. The molecule has 1 atom stereocenters. The largest absolute Gasteiger partial charge is 0.374 e. The first-order chi connectivity index (χ1) is 8.69. The van der Waals surface area contributed by atoms with Gasteiger partial charge < -0.3 is 15.5 Å². The number of anilines is 2. The third-order valence-electron chi connectivity index (χ3n) is 3.83. The third kappa shape index (κ3) is 1.97. The van der Waals surface area contributed by atoms with Crippen molar-refractivity contribution in [2.24, 2.45) is 5.92 Å². The fourth-order valence-corrected chi connectivity index (χ4v) is 2.57. The van der Waals surface area contributed by atoms with E-state index in [0.29, 0.717) is 0 Å². The second-order valence-electron chi connectivity index (χ2n) is 5.31. The van der Waals surface area contributed by atoms with E-state index < -0.39 is 0 Å². The van der Waals surface area contributed by atoms with Gasteiger partial charge in [-0.2, -0.15) is 0 Å². The van der Waals surface area contributed by atoms with Gasteiger partial charge in [0.25, 0.3) is 0 Å². The Morgan fingerprint density at radius 2 is 2.22 bits per heavy atom. The Kier molecular flexibility index (Phi) is 2.74.